The summed E-state index contributed by atoms with van der Waals surface area (Å²) < 4.78 is 10.2. The highest BCUT2D eigenvalue weighted by Crippen LogP contribution is 2.26. The first-order valence-corrected chi connectivity index (χ1v) is 6.04. The van der Waals surface area contributed by atoms with Crippen LogP contribution in [-0.2, 0) is 16.0 Å². The number of esters is 1. The number of hydrogen-bond acceptors (Lipinski definition) is 5. The van der Waals surface area contributed by atoms with Gasteiger partial charge in [-0.3, -0.25) is 4.79 Å². The van der Waals surface area contributed by atoms with Gasteiger partial charge in [0.25, 0.3) is 0 Å². The molecule has 90 valence electrons. The number of hydrogen-bond donors (Lipinski definition) is 1. The van der Waals surface area contributed by atoms with E-state index in [4.69, 9.17) is 10.2 Å². The lowest BCUT2D eigenvalue weighted by Gasteiger charge is -2.06. The standard InChI is InChI=1S/C12H13NO3S/c1-15-12(14)9(13)7-8-4-5-10(16-8)11-3-2-6-17-11/h2-6,9H,7,13H2,1H3. The Morgan fingerprint density at radius 3 is 3.00 bits per heavy atom. The first kappa shape index (κ1) is 11.9. The van der Waals surface area contributed by atoms with E-state index in [1.807, 2.05) is 29.6 Å². The third-order valence-electron chi connectivity index (χ3n) is 2.35. The number of ether oxygens (including phenoxy) is 1. The predicted octanol–water partition coefficient (Wildman–Crippen LogP) is 2.05. The van der Waals surface area contributed by atoms with Crippen molar-refractivity contribution in [2.75, 3.05) is 7.11 Å². The van der Waals surface area contributed by atoms with E-state index in [0.717, 1.165) is 10.6 Å². The molecule has 2 heterocycles. The molecule has 0 fully saturated rings. The van der Waals surface area contributed by atoms with Crippen molar-refractivity contribution < 1.29 is 13.9 Å². The van der Waals surface area contributed by atoms with Crippen LogP contribution in [0.2, 0.25) is 0 Å². The van der Waals surface area contributed by atoms with E-state index >= 15 is 0 Å². The molecule has 0 amide bonds. The number of nitrogens with two attached hydrogens (primary N) is 1. The molecule has 17 heavy (non-hydrogen) atoms. The normalized spacial score (nSPS) is 12.4. The SMILES string of the molecule is COC(=O)C(N)Cc1ccc(-c2cccs2)o1. The second-order valence-corrected chi connectivity index (χ2v) is 4.52. The van der Waals surface area contributed by atoms with Crippen molar-refractivity contribution in [2.24, 2.45) is 5.73 Å². The minimum absolute atomic E-state index is 0.345. The third kappa shape index (κ3) is 2.75. The van der Waals surface area contributed by atoms with Crippen molar-refractivity contribution in [3.63, 3.8) is 0 Å². The topological polar surface area (TPSA) is 65.5 Å². The highest BCUT2D eigenvalue weighted by atomic mass is 32.1. The summed E-state index contributed by atoms with van der Waals surface area (Å²) >= 11 is 1.60. The van der Waals surface area contributed by atoms with Crippen LogP contribution >= 0.6 is 11.3 Å². The lowest BCUT2D eigenvalue weighted by Crippen LogP contribution is -2.33. The molecule has 5 heteroatoms. The fourth-order valence-corrected chi connectivity index (χ4v) is 2.18. The Hall–Kier alpha value is -1.59. The Balaban J connectivity index is 2.06. The van der Waals surface area contributed by atoms with Gasteiger partial charge in [0.05, 0.1) is 12.0 Å². The number of carbonyl (C=O) groups excluding carboxylic acids is 1. The summed E-state index contributed by atoms with van der Waals surface area (Å²) in [6.07, 6.45) is 0.345. The molecule has 0 spiro atoms. The molecule has 2 aromatic rings. The molecule has 0 saturated carbocycles. The average Bonchev–Trinajstić information content (AvgIpc) is 2.97. The van der Waals surface area contributed by atoms with Gasteiger partial charge < -0.3 is 14.9 Å². The molecule has 2 rings (SSSR count). The maximum atomic E-state index is 11.2. The number of rotatable bonds is 4. The van der Waals surface area contributed by atoms with E-state index in [1.165, 1.54) is 7.11 Å². The summed E-state index contributed by atoms with van der Waals surface area (Å²) in [5.74, 6) is 1.05. The van der Waals surface area contributed by atoms with Gasteiger partial charge in [-0.2, -0.15) is 0 Å². The molecule has 0 aliphatic heterocycles. The Labute approximate surface area is 103 Å². The molecule has 0 aromatic carbocycles. The lowest BCUT2D eigenvalue weighted by molar-refractivity contribution is -0.142. The summed E-state index contributed by atoms with van der Waals surface area (Å²) in [6.45, 7) is 0. The minimum Gasteiger partial charge on any atom is -0.468 e. The summed E-state index contributed by atoms with van der Waals surface area (Å²) in [5, 5.41) is 1.98. The van der Waals surface area contributed by atoms with E-state index in [0.29, 0.717) is 12.2 Å². The van der Waals surface area contributed by atoms with E-state index in [1.54, 1.807) is 11.3 Å². The van der Waals surface area contributed by atoms with Gasteiger partial charge in [-0.15, -0.1) is 11.3 Å². The van der Waals surface area contributed by atoms with Crippen LogP contribution in [0.4, 0.5) is 0 Å². The molecule has 0 radical (unpaired) electrons. The molecule has 4 nitrogen and oxygen atoms in total. The van der Waals surface area contributed by atoms with Crippen LogP contribution in [0.5, 0.6) is 0 Å². The van der Waals surface area contributed by atoms with Gasteiger partial charge in [0.1, 0.15) is 17.6 Å². The molecular weight excluding hydrogens is 238 g/mol. The highest BCUT2D eigenvalue weighted by Gasteiger charge is 2.16. The molecule has 1 atom stereocenters. The molecule has 0 aliphatic carbocycles. The molecular formula is C12H13NO3S. The van der Waals surface area contributed by atoms with Gasteiger partial charge in [0, 0.05) is 6.42 Å². The van der Waals surface area contributed by atoms with Crippen LogP contribution in [0.15, 0.2) is 34.1 Å². The zero-order valence-corrected chi connectivity index (χ0v) is 10.2. The van der Waals surface area contributed by atoms with Crippen LogP contribution < -0.4 is 5.73 Å². The molecule has 0 saturated heterocycles. The average molecular weight is 251 g/mol. The Bertz CT molecular complexity index is 490. The minimum atomic E-state index is -0.678. The van der Waals surface area contributed by atoms with Gasteiger partial charge in [0.2, 0.25) is 0 Å². The Morgan fingerprint density at radius 2 is 2.35 bits per heavy atom. The van der Waals surface area contributed by atoms with E-state index in [2.05, 4.69) is 4.74 Å². The zero-order chi connectivity index (χ0) is 12.3. The van der Waals surface area contributed by atoms with Crippen molar-refractivity contribution in [2.45, 2.75) is 12.5 Å². The van der Waals surface area contributed by atoms with Gasteiger partial charge in [-0.05, 0) is 23.6 Å². The van der Waals surface area contributed by atoms with Gasteiger partial charge in [-0.1, -0.05) is 6.07 Å². The number of carbonyl (C=O) groups is 1. The van der Waals surface area contributed by atoms with Gasteiger partial charge in [-0.25, -0.2) is 0 Å². The molecule has 0 bridgehead atoms. The van der Waals surface area contributed by atoms with Crippen molar-refractivity contribution in [1.82, 2.24) is 0 Å². The molecule has 2 N–H and O–H groups in total. The Kier molecular flexibility index (Phi) is 3.61. The third-order valence-corrected chi connectivity index (χ3v) is 3.24. The van der Waals surface area contributed by atoms with Crippen LogP contribution in [0.3, 0.4) is 0 Å². The molecule has 2 aromatic heterocycles. The predicted molar refractivity (Wildman–Crippen MR) is 65.7 cm³/mol. The molecule has 1 unspecified atom stereocenters. The second kappa shape index (κ2) is 5.16. The van der Waals surface area contributed by atoms with Crippen LogP contribution in [0.1, 0.15) is 5.76 Å². The van der Waals surface area contributed by atoms with Crippen molar-refractivity contribution in [3.8, 4) is 10.6 Å². The summed E-state index contributed by atoms with van der Waals surface area (Å²) in [7, 11) is 1.32. The van der Waals surface area contributed by atoms with Gasteiger partial charge in [0.15, 0.2) is 0 Å². The zero-order valence-electron chi connectivity index (χ0n) is 9.38. The lowest BCUT2D eigenvalue weighted by atomic mass is 10.2. The van der Waals surface area contributed by atoms with Crippen molar-refractivity contribution in [1.29, 1.82) is 0 Å². The molecule has 0 aliphatic rings. The van der Waals surface area contributed by atoms with Crippen molar-refractivity contribution in [3.05, 3.63) is 35.4 Å². The summed E-state index contributed by atoms with van der Waals surface area (Å²) in [6, 6.07) is 6.97. The second-order valence-electron chi connectivity index (χ2n) is 3.58. The highest BCUT2D eigenvalue weighted by molar-refractivity contribution is 7.13. The first-order valence-electron chi connectivity index (χ1n) is 5.16. The monoisotopic (exact) mass is 251 g/mol. The fourth-order valence-electron chi connectivity index (χ4n) is 1.49. The van der Waals surface area contributed by atoms with Crippen LogP contribution in [0, 0.1) is 0 Å². The van der Waals surface area contributed by atoms with Crippen LogP contribution in [0.25, 0.3) is 10.6 Å². The number of methoxy groups -OCH3 is 1. The number of furan rings is 1. The quantitative estimate of drug-likeness (QED) is 0.845. The Morgan fingerprint density at radius 1 is 1.53 bits per heavy atom. The van der Waals surface area contributed by atoms with E-state index in [-0.39, 0.29) is 0 Å². The van der Waals surface area contributed by atoms with E-state index < -0.39 is 12.0 Å². The van der Waals surface area contributed by atoms with E-state index in [9.17, 15) is 4.79 Å². The summed E-state index contributed by atoms with van der Waals surface area (Å²) in [5.41, 5.74) is 5.66. The fraction of sp³-hybridized carbons (Fsp3) is 0.250. The maximum Gasteiger partial charge on any atom is 0.323 e. The largest absolute Gasteiger partial charge is 0.468 e. The van der Waals surface area contributed by atoms with Gasteiger partial charge >= 0.3 is 5.97 Å². The first-order chi connectivity index (χ1) is 8.20. The van der Waals surface area contributed by atoms with Crippen LogP contribution in [-0.4, -0.2) is 19.1 Å². The maximum absolute atomic E-state index is 11.2. The van der Waals surface area contributed by atoms with Crippen molar-refractivity contribution >= 4 is 17.3 Å². The summed E-state index contributed by atoms with van der Waals surface area (Å²) in [4.78, 5) is 12.2. The smallest absolute Gasteiger partial charge is 0.323 e. The number of thiophene rings is 1.